The van der Waals surface area contributed by atoms with Gasteiger partial charge >= 0.3 is 0 Å². The summed E-state index contributed by atoms with van der Waals surface area (Å²) in [4.78, 5) is 12.3. The lowest BCUT2D eigenvalue weighted by Crippen LogP contribution is -2.40. The number of hydrogen-bond donors (Lipinski definition) is 2. The van der Waals surface area contributed by atoms with Gasteiger partial charge in [0.05, 0.1) is 12.2 Å². The standard InChI is InChI=1S/C17H20FNO2/c1-12(13-6-4-7-13)19-17(21)16-9-8-15(18)11-14(16)5-2-3-10-20/h8-9,11-13,20H,3-4,6-7,10H2,1H3,(H,19,21). The van der Waals surface area contributed by atoms with Gasteiger partial charge in [0.2, 0.25) is 0 Å². The highest BCUT2D eigenvalue weighted by Crippen LogP contribution is 2.29. The predicted molar refractivity (Wildman–Crippen MR) is 79.3 cm³/mol. The quantitative estimate of drug-likeness (QED) is 0.837. The summed E-state index contributed by atoms with van der Waals surface area (Å²) in [7, 11) is 0. The van der Waals surface area contributed by atoms with Gasteiger partial charge in [-0.1, -0.05) is 18.3 Å². The van der Waals surface area contributed by atoms with Crippen molar-refractivity contribution in [3.63, 3.8) is 0 Å². The second kappa shape index (κ2) is 7.24. The van der Waals surface area contributed by atoms with E-state index in [0.717, 1.165) is 12.8 Å². The summed E-state index contributed by atoms with van der Waals surface area (Å²) in [5.74, 6) is 5.38. The Bertz CT molecular complexity index is 570. The minimum absolute atomic E-state index is 0.0530. The molecule has 4 heteroatoms. The fourth-order valence-corrected chi connectivity index (χ4v) is 2.37. The van der Waals surface area contributed by atoms with Gasteiger partial charge in [-0.15, -0.1) is 0 Å². The van der Waals surface area contributed by atoms with Crippen LogP contribution in [0.5, 0.6) is 0 Å². The van der Waals surface area contributed by atoms with Crippen LogP contribution in [0.15, 0.2) is 18.2 Å². The van der Waals surface area contributed by atoms with E-state index in [9.17, 15) is 9.18 Å². The van der Waals surface area contributed by atoms with Gasteiger partial charge in [0.1, 0.15) is 5.82 Å². The molecule has 1 aromatic carbocycles. The molecule has 1 unspecified atom stereocenters. The zero-order valence-corrected chi connectivity index (χ0v) is 12.2. The van der Waals surface area contributed by atoms with Crippen LogP contribution in [0.3, 0.4) is 0 Å². The lowest BCUT2D eigenvalue weighted by Gasteiger charge is -2.31. The number of hydrogen-bond acceptors (Lipinski definition) is 2. The van der Waals surface area contributed by atoms with Crippen LogP contribution in [0.2, 0.25) is 0 Å². The van der Waals surface area contributed by atoms with E-state index in [0.29, 0.717) is 23.5 Å². The van der Waals surface area contributed by atoms with Gasteiger partial charge in [-0.2, -0.15) is 0 Å². The molecule has 0 spiro atoms. The van der Waals surface area contributed by atoms with Crippen LogP contribution in [0.25, 0.3) is 0 Å². The highest BCUT2D eigenvalue weighted by molar-refractivity contribution is 5.96. The number of nitrogens with one attached hydrogen (secondary N) is 1. The number of rotatable bonds is 4. The van der Waals surface area contributed by atoms with Crippen molar-refractivity contribution in [2.75, 3.05) is 6.61 Å². The fourth-order valence-electron chi connectivity index (χ4n) is 2.37. The molecule has 0 aliphatic heterocycles. The predicted octanol–water partition coefficient (Wildman–Crippen LogP) is 2.48. The molecule has 112 valence electrons. The van der Waals surface area contributed by atoms with E-state index >= 15 is 0 Å². The molecule has 2 rings (SSSR count). The van der Waals surface area contributed by atoms with Gasteiger partial charge in [-0.3, -0.25) is 4.79 Å². The maximum atomic E-state index is 13.3. The summed E-state index contributed by atoms with van der Waals surface area (Å²) in [6, 6.07) is 4.10. The molecule has 1 amide bonds. The third kappa shape index (κ3) is 4.05. The first-order valence-corrected chi connectivity index (χ1v) is 7.32. The van der Waals surface area contributed by atoms with E-state index in [2.05, 4.69) is 17.2 Å². The Balaban J connectivity index is 2.13. The Kier molecular flexibility index (Phi) is 5.35. The third-order valence-electron chi connectivity index (χ3n) is 3.90. The molecule has 1 fully saturated rings. The summed E-state index contributed by atoms with van der Waals surface area (Å²) in [5.41, 5.74) is 0.745. The number of aliphatic hydroxyl groups excluding tert-OH is 1. The number of amides is 1. The molecular weight excluding hydrogens is 269 g/mol. The molecule has 1 atom stereocenters. The van der Waals surface area contributed by atoms with Gasteiger partial charge in [-0.25, -0.2) is 4.39 Å². The van der Waals surface area contributed by atoms with Crippen LogP contribution in [-0.2, 0) is 0 Å². The van der Waals surface area contributed by atoms with Gasteiger partial charge in [-0.05, 0) is 43.9 Å². The Morgan fingerprint density at radius 3 is 2.90 bits per heavy atom. The van der Waals surface area contributed by atoms with Gasteiger partial charge in [0.15, 0.2) is 0 Å². The average molecular weight is 289 g/mol. The zero-order valence-electron chi connectivity index (χ0n) is 12.2. The van der Waals surface area contributed by atoms with E-state index in [4.69, 9.17) is 5.11 Å². The van der Waals surface area contributed by atoms with E-state index in [1.807, 2.05) is 6.92 Å². The molecular formula is C17H20FNO2. The molecule has 0 aromatic heterocycles. The number of carbonyl (C=O) groups is 1. The number of benzene rings is 1. The monoisotopic (exact) mass is 289 g/mol. The average Bonchev–Trinajstić information content (AvgIpc) is 2.36. The summed E-state index contributed by atoms with van der Waals surface area (Å²) >= 11 is 0. The van der Waals surface area contributed by atoms with Crippen LogP contribution in [0.4, 0.5) is 4.39 Å². The largest absolute Gasteiger partial charge is 0.395 e. The maximum absolute atomic E-state index is 13.3. The summed E-state index contributed by atoms with van der Waals surface area (Å²) in [6.07, 6.45) is 3.82. The van der Waals surface area contributed by atoms with Crippen LogP contribution in [0, 0.1) is 23.6 Å². The summed E-state index contributed by atoms with van der Waals surface area (Å²) < 4.78 is 13.3. The second-order valence-electron chi connectivity index (χ2n) is 5.42. The molecule has 1 aliphatic rings. The molecule has 21 heavy (non-hydrogen) atoms. The Morgan fingerprint density at radius 1 is 1.52 bits per heavy atom. The summed E-state index contributed by atoms with van der Waals surface area (Å²) in [5, 5.41) is 11.7. The van der Waals surface area contributed by atoms with Crippen molar-refractivity contribution in [3.05, 3.63) is 35.1 Å². The normalized spacial score (nSPS) is 15.6. The third-order valence-corrected chi connectivity index (χ3v) is 3.90. The highest BCUT2D eigenvalue weighted by Gasteiger charge is 2.25. The lowest BCUT2D eigenvalue weighted by atomic mass is 9.80. The molecule has 0 heterocycles. The smallest absolute Gasteiger partial charge is 0.252 e. The molecule has 1 saturated carbocycles. The molecule has 0 radical (unpaired) electrons. The SMILES string of the molecule is CC(NC(=O)c1ccc(F)cc1C#CCCO)C1CCC1. The highest BCUT2D eigenvalue weighted by atomic mass is 19.1. The van der Waals surface area contributed by atoms with Crippen molar-refractivity contribution >= 4 is 5.91 Å². The molecule has 1 aliphatic carbocycles. The number of carbonyl (C=O) groups excluding carboxylic acids is 1. The first kappa shape index (κ1) is 15.5. The summed E-state index contributed by atoms with van der Waals surface area (Å²) in [6.45, 7) is 1.95. The van der Waals surface area contributed by atoms with E-state index < -0.39 is 5.82 Å². The Morgan fingerprint density at radius 2 is 2.29 bits per heavy atom. The van der Waals surface area contributed by atoms with Gasteiger partial charge in [0.25, 0.3) is 5.91 Å². The van der Waals surface area contributed by atoms with Crippen molar-refractivity contribution in [2.24, 2.45) is 5.92 Å². The first-order chi connectivity index (χ1) is 10.1. The fraction of sp³-hybridized carbons (Fsp3) is 0.471. The topological polar surface area (TPSA) is 49.3 Å². The van der Waals surface area contributed by atoms with Crippen molar-refractivity contribution in [1.82, 2.24) is 5.32 Å². The van der Waals surface area contributed by atoms with Crippen molar-refractivity contribution in [2.45, 2.75) is 38.6 Å². The van der Waals surface area contributed by atoms with E-state index in [-0.39, 0.29) is 18.6 Å². The van der Waals surface area contributed by atoms with Crippen molar-refractivity contribution in [3.8, 4) is 11.8 Å². The van der Waals surface area contributed by atoms with Crippen LogP contribution in [0.1, 0.15) is 48.5 Å². The van der Waals surface area contributed by atoms with Crippen LogP contribution >= 0.6 is 0 Å². The minimum atomic E-state index is -0.424. The van der Waals surface area contributed by atoms with Gasteiger partial charge < -0.3 is 10.4 Å². The van der Waals surface area contributed by atoms with Crippen molar-refractivity contribution < 1.29 is 14.3 Å². The molecule has 0 saturated heterocycles. The minimum Gasteiger partial charge on any atom is -0.395 e. The number of aliphatic hydroxyl groups is 1. The van der Waals surface area contributed by atoms with Crippen LogP contribution in [-0.4, -0.2) is 23.7 Å². The zero-order chi connectivity index (χ0) is 15.2. The Labute approximate surface area is 124 Å². The lowest BCUT2D eigenvalue weighted by molar-refractivity contribution is 0.0909. The van der Waals surface area contributed by atoms with Gasteiger partial charge in [0, 0.05) is 18.0 Å². The van der Waals surface area contributed by atoms with E-state index in [1.165, 1.54) is 24.6 Å². The first-order valence-electron chi connectivity index (χ1n) is 7.32. The Hall–Kier alpha value is -1.86. The second-order valence-corrected chi connectivity index (χ2v) is 5.42. The van der Waals surface area contributed by atoms with Crippen LogP contribution < -0.4 is 5.32 Å². The van der Waals surface area contributed by atoms with E-state index in [1.54, 1.807) is 0 Å². The molecule has 0 bridgehead atoms. The number of halogens is 1. The maximum Gasteiger partial charge on any atom is 0.252 e. The molecule has 2 N–H and O–H groups in total. The molecule has 1 aromatic rings. The van der Waals surface area contributed by atoms with Crippen molar-refractivity contribution in [1.29, 1.82) is 0 Å². The molecule has 3 nitrogen and oxygen atoms in total.